The van der Waals surface area contributed by atoms with Gasteiger partial charge in [0.15, 0.2) is 0 Å². The molecule has 2 rings (SSSR count). The molecule has 104 valence electrons. The summed E-state index contributed by atoms with van der Waals surface area (Å²) in [4.78, 5) is 15.1. The lowest BCUT2D eigenvalue weighted by Crippen LogP contribution is -2.31. The Balaban J connectivity index is 2.02. The van der Waals surface area contributed by atoms with Crippen molar-refractivity contribution in [1.29, 1.82) is 0 Å². The number of benzene rings is 1. The Bertz CT molecular complexity index is 477. The second-order valence-electron chi connectivity index (χ2n) is 5.25. The van der Waals surface area contributed by atoms with Crippen molar-refractivity contribution in [2.45, 2.75) is 19.0 Å². The first-order valence-electron chi connectivity index (χ1n) is 6.38. The number of hydrogen-bond acceptors (Lipinski definition) is 3. The van der Waals surface area contributed by atoms with Crippen molar-refractivity contribution in [2.24, 2.45) is 0 Å². The van der Waals surface area contributed by atoms with Gasteiger partial charge in [-0.3, -0.25) is 4.90 Å². The molecule has 0 spiro atoms. The molecule has 4 nitrogen and oxygen atoms in total. The highest BCUT2D eigenvalue weighted by Gasteiger charge is 2.24. The summed E-state index contributed by atoms with van der Waals surface area (Å²) < 4.78 is 13.8. The fraction of sp³-hybridized carbons (Fsp3) is 0.500. The molecule has 1 aliphatic heterocycles. The third kappa shape index (κ3) is 3.30. The smallest absolute Gasteiger partial charge is 0.335 e. The second-order valence-corrected chi connectivity index (χ2v) is 5.25. The molecule has 0 radical (unpaired) electrons. The first-order chi connectivity index (χ1) is 8.97. The van der Waals surface area contributed by atoms with Gasteiger partial charge in [0, 0.05) is 31.2 Å². The number of halogens is 1. The number of rotatable bonds is 4. The van der Waals surface area contributed by atoms with Crippen LogP contribution in [0.3, 0.4) is 0 Å². The van der Waals surface area contributed by atoms with Gasteiger partial charge in [0.1, 0.15) is 5.82 Å². The lowest BCUT2D eigenvalue weighted by Gasteiger charge is -2.20. The van der Waals surface area contributed by atoms with E-state index in [1.54, 1.807) is 6.07 Å². The SMILES string of the molecule is CN(C)C1CCN(Cc2ccc(C(=O)O)cc2F)C1. The Hall–Kier alpha value is -1.46. The van der Waals surface area contributed by atoms with Crippen LogP contribution in [0.25, 0.3) is 0 Å². The fourth-order valence-electron chi connectivity index (χ4n) is 2.43. The summed E-state index contributed by atoms with van der Waals surface area (Å²) in [6.45, 7) is 2.41. The summed E-state index contributed by atoms with van der Waals surface area (Å²) in [5.74, 6) is -1.53. The number of aromatic carboxylic acids is 1. The monoisotopic (exact) mass is 266 g/mol. The van der Waals surface area contributed by atoms with E-state index in [4.69, 9.17) is 5.11 Å². The Kier molecular flexibility index (Phi) is 4.17. The molecular formula is C14H19FN2O2. The van der Waals surface area contributed by atoms with E-state index in [2.05, 4.69) is 23.9 Å². The van der Waals surface area contributed by atoms with Crippen molar-refractivity contribution in [1.82, 2.24) is 9.80 Å². The first-order valence-corrected chi connectivity index (χ1v) is 6.38. The van der Waals surface area contributed by atoms with Crippen LogP contribution < -0.4 is 0 Å². The van der Waals surface area contributed by atoms with Crippen molar-refractivity contribution in [3.8, 4) is 0 Å². The van der Waals surface area contributed by atoms with Gasteiger partial charge in [0.2, 0.25) is 0 Å². The number of hydrogen-bond donors (Lipinski definition) is 1. The third-order valence-electron chi connectivity index (χ3n) is 3.67. The molecule has 0 aliphatic carbocycles. The molecule has 1 fully saturated rings. The van der Waals surface area contributed by atoms with Gasteiger partial charge in [-0.2, -0.15) is 0 Å². The second kappa shape index (κ2) is 5.67. The van der Waals surface area contributed by atoms with Gasteiger partial charge < -0.3 is 10.0 Å². The molecule has 1 heterocycles. The number of likely N-dealkylation sites (tertiary alicyclic amines) is 1. The normalized spacial score (nSPS) is 20.1. The minimum absolute atomic E-state index is 0.00570. The van der Waals surface area contributed by atoms with Gasteiger partial charge in [-0.05, 0) is 32.6 Å². The third-order valence-corrected chi connectivity index (χ3v) is 3.67. The summed E-state index contributed by atoms with van der Waals surface area (Å²) in [5, 5.41) is 8.80. The molecule has 19 heavy (non-hydrogen) atoms. The fourth-order valence-corrected chi connectivity index (χ4v) is 2.43. The van der Waals surface area contributed by atoms with E-state index in [0.29, 0.717) is 18.2 Å². The molecule has 1 N–H and O–H groups in total. The van der Waals surface area contributed by atoms with Crippen molar-refractivity contribution >= 4 is 5.97 Å². The van der Waals surface area contributed by atoms with Crippen LogP contribution in [0.1, 0.15) is 22.3 Å². The van der Waals surface area contributed by atoms with Crippen molar-refractivity contribution < 1.29 is 14.3 Å². The zero-order valence-corrected chi connectivity index (χ0v) is 11.3. The Labute approximate surface area is 112 Å². The molecule has 1 unspecified atom stereocenters. The standard InChI is InChI=1S/C14H19FN2O2/c1-16(2)12-5-6-17(9-12)8-11-4-3-10(14(18)19)7-13(11)15/h3-4,7,12H,5-6,8-9H2,1-2H3,(H,18,19). The van der Waals surface area contributed by atoms with Crippen LogP contribution in [-0.2, 0) is 6.54 Å². The highest BCUT2D eigenvalue weighted by atomic mass is 19.1. The van der Waals surface area contributed by atoms with Gasteiger partial charge in [-0.25, -0.2) is 9.18 Å². The van der Waals surface area contributed by atoms with Crippen LogP contribution in [0.5, 0.6) is 0 Å². The van der Waals surface area contributed by atoms with E-state index >= 15 is 0 Å². The number of carbonyl (C=O) groups is 1. The van der Waals surface area contributed by atoms with Gasteiger partial charge in [-0.1, -0.05) is 6.07 Å². The van der Waals surface area contributed by atoms with Crippen molar-refractivity contribution in [3.05, 3.63) is 35.1 Å². The average molecular weight is 266 g/mol. The summed E-state index contributed by atoms with van der Waals surface area (Å²) in [5.41, 5.74) is 0.554. The molecule has 1 aromatic rings. The predicted molar refractivity (Wildman–Crippen MR) is 70.7 cm³/mol. The molecule has 0 aromatic heterocycles. The zero-order chi connectivity index (χ0) is 14.0. The quantitative estimate of drug-likeness (QED) is 0.900. The molecule has 5 heteroatoms. The molecule has 0 amide bonds. The van der Waals surface area contributed by atoms with Crippen LogP contribution >= 0.6 is 0 Å². The molecule has 1 aliphatic rings. The highest BCUT2D eigenvalue weighted by Crippen LogP contribution is 2.18. The summed E-state index contributed by atoms with van der Waals surface area (Å²) >= 11 is 0. The summed E-state index contributed by atoms with van der Waals surface area (Å²) in [7, 11) is 4.10. The Morgan fingerprint density at radius 3 is 2.79 bits per heavy atom. The highest BCUT2D eigenvalue weighted by molar-refractivity contribution is 5.87. The largest absolute Gasteiger partial charge is 0.478 e. The molecule has 0 bridgehead atoms. The number of likely N-dealkylation sites (N-methyl/N-ethyl adjacent to an activating group) is 1. The molecular weight excluding hydrogens is 247 g/mol. The average Bonchev–Trinajstić information content (AvgIpc) is 2.80. The number of nitrogens with zero attached hydrogens (tertiary/aromatic N) is 2. The van der Waals surface area contributed by atoms with Crippen LogP contribution in [0, 0.1) is 5.82 Å². The van der Waals surface area contributed by atoms with E-state index in [9.17, 15) is 9.18 Å². The first kappa shape index (κ1) is 14.0. The maximum absolute atomic E-state index is 13.8. The maximum atomic E-state index is 13.8. The van der Waals surface area contributed by atoms with E-state index < -0.39 is 11.8 Å². The molecule has 1 aromatic carbocycles. The van der Waals surface area contributed by atoms with Gasteiger partial charge >= 0.3 is 5.97 Å². The molecule has 1 atom stereocenters. The lowest BCUT2D eigenvalue weighted by atomic mass is 10.1. The van der Waals surface area contributed by atoms with Crippen LogP contribution in [0.15, 0.2) is 18.2 Å². The topological polar surface area (TPSA) is 43.8 Å². The van der Waals surface area contributed by atoms with Gasteiger partial charge in [-0.15, -0.1) is 0 Å². The summed E-state index contributed by atoms with van der Waals surface area (Å²) in [6.07, 6.45) is 1.09. The van der Waals surface area contributed by atoms with Crippen molar-refractivity contribution in [2.75, 3.05) is 27.2 Å². The van der Waals surface area contributed by atoms with Crippen LogP contribution in [-0.4, -0.2) is 54.1 Å². The summed E-state index contributed by atoms with van der Waals surface area (Å²) in [6, 6.07) is 4.64. The molecule has 0 saturated carbocycles. The molecule has 1 saturated heterocycles. The Morgan fingerprint density at radius 1 is 1.53 bits per heavy atom. The number of carboxylic acid groups (broad SMARTS) is 1. The minimum atomic E-state index is -1.10. The van der Waals surface area contributed by atoms with Crippen LogP contribution in [0.2, 0.25) is 0 Å². The lowest BCUT2D eigenvalue weighted by molar-refractivity contribution is 0.0696. The van der Waals surface area contributed by atoms with Crippen LogP contribution in [0.4, 0.5) is 4.39 Å². The van der Waals surface area contributed by atoms with E-state index in [1.165, 1.54) is 6.07 Å². The van der Waals surface area contributed by atoms with Gasteiger partial charge in [0.25, 0.3) is 0 Å². The van der Waals surface area contributed by atoms with Gasteiger partial charge in [0.05, 0.1) is 5.56 Å². The number of carboxylic acids is 1. The van der Waals surface area contributed by atoms with E-state index in [1.807, 2.05) is 0 Å². The zero-order valence-electron chi connectivity index (χ0n) is 11.3. The predicted octanol–water partition coefficient (Wildman–Crippen LogP) is 1.66. The van der Waals surface area contributed by atoms with E-state index in [-0.39, 0.29) is 5.56 Å². The Morgan fingerprint density at radius 2 is 2.26 bits per heavy atom. The maximum Gasteiger partial charge on any atom is 0.335 e. The minimum Gasteiger partial charge on any atom is -0.478 e. The van der Waals surface area contributed by atoms with Crippen molar-refractivity contribution in [3.63, 3.8) is 0 Å². The van der Waals surface area contributed by atoms with E-state index in [0.717, 1.165) is 25.6 Å².